The van der Waals surface area contributed by atoms with Gasteiger partial charge in [-0.25, -0.2) is 49.3 Å². The molecule has 12 atom stereocenters. The molecule has 0 bridgehead atoms. The van der Waals surface area contributed by atoms with Crippen LogP contribution in [0.25, 0.3) is 0 Å². The highest BCUT2D eigenvalue weighted by Crippen LogP contribution is 2.31. The van der Waals surface area contributed by atoms with Crippen LogP contribution in [0.2, 0.25) is 90.7 Å². The quantitative estimate of drug-likeness (QED) is 0.0239. The smallest absolute Gasteiger partial charge is 0.354 e. The summed E-state index contributed by atoms with van der Waals surface area (Å²) >= 11 is 0. The summed E-state index contributed by atoms with van der Waals surface area (Å²) in [6, 6.07) is 2.36. The number of anilines is 5. The molecule has 3 fully saturated rings. The molecular weight excluding hydrogens is 1440 g/mol. The molecule has 3 unspecified atom stereocenters. The number of esters is 3. The number of aliphatic hydroxyl groups excluding tert-OH is 6. The van der Waals surface area contributed by atoms with Crippen molar-refractivity contribution >= 4 is 98.0 Å². The zero-order valence-electron chi connectivity index (χ0n) is 60.7. The molecule has 5 aromatic rings. The van der Waals surface area contributed by atoms with Gasteiger partial charge in [0.1, 0.15) is 119 Å². The fraction of sp³-hybridized carbons (Fsp3) is 0.673. The molecule has 3 saturated heterocycles. The predicted molar refractivity (Wildman–Crippen MR) is 381 cm³/mol. The van der Waals surface area contributed by atoms with Gasteiger partial charge < -0.3 is 99.8 Å². The number of nitrogens with zero attached hydrogens (tertiary/aromatic N) is 14. The number of aromatic amines is 1. The third kappa shape index (κ3) is 34.1. The summed E-state index contributed by atoms with van der Waals surface area (Å²) in [5.74, 6) is 0.502. The Kier molecular flexibility index (Phi) is 37.4. The standard InChI is InChI=1S/C12H18O7.2C9H18N4OSi2.2C8H12N4O5.C6H19NSi2.C3H4N4O/c1-5-9-10(16-6(2)13)11(17-7(3)14)12(19-9)18-8(4)15;2*1-5-15(14)6-8-10-7-11-9(12-8)13-16(2,3)4;2*9-7-10-2-12(8(16)11-7)6-5(15)4(14)3(1-13)17-6;1-8(2,3)7-9(4,5)6;4-2-5-1-6-3(8)7-2/h9-12H,5H2,1-4H3;2*7H,5-6H2,1-4H3,(H,10,11,12,13);2*2-6,13-15H,1H2,(H2,9,11,16);7H,1-6H3;1H,(H3,4,5,6,7,8)/t9-,10+,11?,12-;;;2*3-,4+,5?,6-;;/m1..11../s1. The van der Waals surface area contributed by atoms with Crippen LogP contribution in [0.3, 0.4) is 0 Å². The number of carbonyl (C=O) groups is 3. The summed E-state index contributed by atoms with van der Waals surface area (Å²) < 4.78 is 59.3. The first kappa shape index (κ1) is 90.4. The number of hydrogen-bond donors (Lipinski definition) is 13. The second-order valence-corrected chi connectivity index (χ2v) is 50.4. The van der Waals surface area contributed by atoms with Crippen LogP contribution < -0.4 is 48.9 Å². The van der Waals surface area contributed by atoms with Crippen LogP contribution in [0.4, 0.5) is 29.7 Å². The van der Waals surface area contributed by atoms with Crippen LogP contribution in [0.5, 0.6) is 0 Å². The number of carbonyl (C=O) groups excluding carboxylic acids is 3. The van der Waals surface area contributed by atoms with E-state index < -0.39 is 172 Å². The summed E-state index contributed by atoms with van der Waals surface area (Å²) in [5, 5.41) is 56.2. The van der Waals surface area contributed by atoms with Crippen LogP contribution >= 0.6 is 0 Å². The number of rotatable bonds is 20. The molecule has 0 aliphatic carbocycles. The van der Waals surface area contributed by atoms with E-state index in [2.05, 4.69) is 158 Å². The first-order valence-electron chi connectivity index (χ1n) is 32.0. The molecular formula is C55H101N21O20Si6. The van der Waals surface area contributed by atoms with Crippen molar-refractivity contribution in [2.45, 2.75) is 224 Å². The van der Waals surface area contributed by atoms with E-state index in [1.807, 2.05) is 20.8 Å². The Balaban J connectivity index is 0.000000411. The molecule has 8 rings (SSSR count). The fourth-order valence-electron chi connectivity index (χ4n) is 8.88. The number of ether oxygens (including phenoxy) is 6. The van der Waals surface area contributed by atoms with Gasteiger partial charge >= 0.3 is 35.0 Å². The van der Waals surface area contributed by atoms with Gasteiger partial charge in [-0.3, -0.25) is 28.5 Å². The predicted octanol–water partition coefficient (Wildman–Crippen LogP) is -1.51. The minimum Gasteiger partial charge on any atom is -0.456 e. The third-order valence-corrected chi connectivity index (χ3v) is 23.6. The minimum atomic E-state index is -1.56. The number of nitrogens with two attached hydrogens (primary N) is 3. The lowest BCUT2D eigenvalue weighted by atomic mass is 10.1. The first-order valence-corrected chi connectivity index (χ1v) is 49.6. The molecule has 5 aromatic heterocycles. The number of nitrogen functional groups attached to an aromatic ring is 3. The zero-order valence-corrected chi connectivity index (χ0v) is 66.7. The number of H-pyrrole nitrogens is 1. The van der Waals surface area contributed by atoms with E-state index in [1.54, 1.807) is 0 Å². The molecule has 3 aliphatic heterocycles. The van der Waals surface area contributed by atoms with Crippen molar-refractivity contribution in [2.24, 2.45) is 0 Å². The van der Waals surface area contributed by atoms with Crippen molar-refractivity contribution in [1.82, 2.24) is 78.6 Å². The molecule has 47 heteroatoms. The lowest BCUT2D eigenvalue weighted by molar-refractivity contribution is -0.195. The maximum atomic E-state index is 11.5. The van der Waals surface area contributed by atoms with E-state index in [0.717, 1.165) is 28.1 Å². The molecule has 570 valence electrons. The Morgan fingerprint density at radius 2 is 0.912 bits per heavy atom. The van der Waals surface area contributed by atoms with E-state index in [-0.39, 0.29) is 17.8 Å². The number of nitrogens with one attached hydrogen (secondary N) is 4. The van der Waals surface area contributed by atoms with Crippen LogP contribution in [-0.2, 0) is 63.8 Å². The maximum Gasteiger partial charge on any atom is 0.354 e. The average Bonchev–Trinajstić information content (AvgIpc) is 1.67. The molecule has 102 heavy (non-hydrogen) atoms. The second kappa shape index (κ2) is 42.2. The molecule has 3 aliphatic rings. The third-order valence-electron chi connectivity index (χ3n) is 12.7. The van der Waals surface area contributed by atoms with Crippen molar-refractivity contribution in [2.75, 3.05) is 40.4 Å². The van der Waals surface area contributed by atoms with Crippen LogP contribution in [0.15, 0.2) is 46.0 Å². The topological polar surface area (TPSA) is 608 Å². The van der Waals surface area contributed by atoms with Gasteiger partial charge in [0.05, 0.1) is 25.3 Å². The number of aliphatic hydroxyl groups is 6. The Morgan fingerprint density at radius 3 is 1.20 bits per heavy atom. The molecule has 0 radical (unpaired) electrons. The average molecular weight is 1550 g/mol. The molecule has 0 amide bonds. The van der Waals surface area contributed by atoms with Gasteiger partial charge in [-0.05, 0) is 18.5 Å². The van der Waals surface area contributed by atoms with Crippen molar-refractivity contribution in [3.8, 4) is 0 Å². The molecule has 0 saturated carbocycles. The Hall–Kier alpha value is -7.64. The summed E-state index contributed by atoms with van der Waals surface area (Å²) in [6.07, 6.45) is -6.04. The monoisotopic (exact) mass is 1540 g/mol. The highest BCUT2D eigenvalue weighted by atomic mass is 28.4. The van der Waals surface area contributed by atoms with Crippen LogP contribution in [0, 0.1) is 0 Å². The van der Waals surface area contributed by atoms with E-state index in [9.17, 15) is 58.1 Å². The van der Waals surface area contributed by atoms with Gasteiger partial charge in [0, 0.05) is 20.8 Å². The summed E-state index contributed by atoms with van der Waals surface area (Å²) in [4.78, 5) is 120. The number of hydrogen-bond acceptors (Lipinski definition) is 38. The van der Waals surface area contributed by atoms with Crippen LogP contribution in [-0.4, -0.2) is 247 Å². The van der Waals surface area contributed by atoms with E-state index in [0.29, 0.717) is 54.1 Å². The Bertz CT molecular complexity index is 3490. The largest absolute Gasteiger partial charge is 0.456 e. The number of aromatic nitrogens is 15. The summed E-state index contributed by atoms with van der Waals surface area (Å²) in [7, 11) is -7.97. The molecule has 41 nitrogen and oxygen atoms in total. The van der Waals surface area contributed by atoms with Gasteiger partial charge in [-0.15, -0.1) is 0 Å². The highest BCUT2D eigenvalue weighted by molar-refractivity contribution is 6.90. The Morgan fingerprint density at radius 1 is 0.529 bits per heavy atom. The zero-order chi connectivity index (χ0) is 77.8. The second-order valence-electron chi connectivity index (χ2n) is 26.6. The van der Waals surface area contributed by atoms with E-state index >= 15 is 0 Å². The normalized spacial score (nSPS) is 22.0. The first-order chi connectivity index (χ1) is 47.2. The van der Waals surface area contributed by atoms with Crippen LogP contribution in [0.1, 0.15) is 72.1 Å². The van der Waals surface area contributed by atoms with E-state index in [4.69, 9.17) is 55.8 Å². The molecule has 0 spiro atoms. The van der Waals surface area contributed by atoms with Gasteiger partial charge in [-0.1, -0.05) is 99.3 Å². The van der Waals surface area contributed by atoms with E-state index in [1.165, 1.54) is 33.4 Å². The lowest BCUT2D eigenvalue weighted by Crippen LogP contribution is -2.55. The Labute approximate surface area is 595 Å². The highest BCUT2D eigenvalue weighted by Gasteiger charge is 2.50. The van der Waals surface area contributed by atoms with Crippen molar-refractivity contribution < 1.29 is 82.4 Å². The summed E-state index contributed by atoms with van der Waals surface area (Å²) in [6.45, 7) is 35.5. The van der Waals surface area contributed by atoms with Crippen molar-refractivity contribution in [1.29, 1.82) is 0 Å². The fourth-order valence-corrected chi connectivity index (χ4v) is 21.0. The SMILES string of the molecule is CC[C@H]1O[C@@H](OC(C)=O)C(OC(C)=O)[C@H]1OC(C)=O.CC[Si](=O)Cc1ncnc(N[Si](C)(C)C)n1.CC[Si](=O)Cc1ncnc(N[Si](C)(C)C)n1.C[Si](C)(C)N[Si](C)(C)C.Nc1ncn([C@@H]2O[C@H](CO)[C@H](O)C2O)c(=O)n1.Nc1ncn([C@@H]2O[C@H](CO)[C@H](O)C2O)c(=O)n1.Nc1ncnc(=O)[nH]1. The maximum absolute atomic E-state index is 11.5. The summed E-state index contributed by atoms with van der Waals surface area (Å²) in [5.41, 5.74) is 13.5. The molecule has 8 heterocycles. The van der Waals surface area contributed by atoms with Gasteiger partial charge in [0.15, 0.2) is 18.6 Å². The van der Waals surface area contributed by atoms with Crippen molar-refractivity contribution in [3.05, 3.63) is 74.7 Å². The lowest BCUT2D eigenvalue weighted by Gasteiger charge is -2.28. The van der Waals surface area contributed by atoms with Crippen molar-refractivity contribution in [3.63, 3.8) is 0 Å². The van der Waals surface area contributed by atoms with Gasteiger partial charge in [0.2, 0.25) is 42.1 Å². The van der Waals surface area contributed by atoms with Gasteiger partial charge in [-0.2, -0.15) is 24.9 Å². The minimum absolute atomic E-state index is 0.0880. The molecule has 0 aromatic carbocycles. The molecule has 16 N–H and O–H groups in total. The van der Waals surface area contributed by atoms with Gasteiger partial charge in [0.25, 0.3) is 17.4 Å².